The Morgan fingerprint density at radius 3 is 2.92 bits per heavy atom. The predicted octanol–water partition coefficient (Wildman–Crippen LogP) is 4.74. The average molecular weight is 361 g/mol. The summed E-state index contributed by atoms with van der Waals surface area (Å²) in [6.45, 7) is 6.79. The fourth-order valence-electron chi connectivity index (χ4n) is 2.92. The van der Waals surface area contributed by atoms with Crippen LogP contribution in [0.15, 0.2) is 35.7 Å². The number of benzene rings is 1. The topological polar surface area (TPSA) is 24.5 Å². The zero-order valence-corrected chi connectivity index (χ0v) is 15.9. The molecule has 128 valence electrons. The van der Waals surface area contributed by atoms with E-state index in [0.717, 1.165) is 43.3 Å². The molecule has 2 aromatic rings. The summed E-state index contributed by atoms with van der Waals surface area (Å²) >= 11 is 7.50. The lowest BCUT2D eigenvalue weighted by Gasteiger charge is -2.28. The minimum Gasteiger partial charge on any atom is -0.376 e. The van der Waals surface area contributed by atoms with Crippen molar-refractivity contribution < 1.29 is 4.74 Å². The van der Waals surface area contributed by atoms with E-state index in [-0.39, 0.29) is 6.10 Å². The Bertz CT molecular complexity index is 679. The van der Waals surface area contributed by atoms with Gasteiger partial charge in [-0.25, -0.2) is 0 Å². The van der Waals surface area contributed by atoms with Crippen LogP contribution in [0, 0.1) is 13.8 Å². The molecule has 0 unspecified atom stereocenters. The maximum Gasteiger partial charge on any atom is 0.173 e. The fraction of sp³-hybridized carbons (Fsp3) is 0.421. The van der Waals surface area contributed by atoms with Crippen molar-refractivity contribution in [2.24, 2.45) is 0 Å². The third kappa shape index (κ3) is 4.35. The van der Waals surface area contributed by atoms with E-state index in [0.29, 0.717) is 0 Å². The van der Waals surface area contributed by atoms with E-state index in [4.69, 9.17) is 17.0 Å². The molecular weight excluding hydrogens is 336 g/mol. The minimum absolute atomic E-state index is 0.281. The van der Waals surface area contributed by atoms with Crippen molar-refractivity contribution in [2.45, 2.75) is 39.3 Å². The highest BCUT2D eigenvalue weighted by Crippen LogP contribution is 2.21. The molecule has 1 fully saturated rings. The first-order valence-electron chi connectivity index (χ1n) is 8.39. The quantitative estimate of drug-likeness (QED) is 0.778. The van der Waals surface area contributed by atoms with Crippen LogP contribution in [0.4, 0.5) is 5.69 Å². The van der Waals surface area contributed by atoms with Crippen LogP contribution in [-0.2, 0) is 11.3 Å². The normalized spacial score (nSPS) is 17.0. The lowest BCUT2D eigenvalue weighted by Crippen LogP contribution is -2.39. The van der Waals surface area contributed by atoms with Crippen molar-refractivity contribution in [3.63, 3.8) is 0 Å². The van der Waals surface area contributed by atoms with Gasteiger partial charge in [0.2, 0.25) is 0 Å². The van der Waals surface area contributed by atoms with E-state index in [1.54, 1.807) is 11.3 Å². The van der Waals surface area contributed by atoms with Crippen LogP contribution in [0.25, 0.3) is 0 Å². The van der Waals surface area contributed by atoms with Crippen LogP contribution in [0.5, 0.6) is 0 Å². The molecule has 1 aliphatic rings. The van der Waals surface area contributed by atoms with Gasteiger partial charge in [-0.15, -0.1) is 11.3 Å². The van der Waals surface area contributed by atoms with Crippen molar-refractivity contribution in [1.29, 1.82) is 0 Å². The van der Waals surface area contributed by atoms with Gasteiger partial charge in [0.05, 0.1) is 12.6 Å². The molecule has 3 rings (SSSR count). The molecule has 1 saturated heterocycles. The second-order valence-corrected chi connectivity index (χ2v) is 7.69. The molecule has 1 atom stereocenters. The molecule has 0 saturated carbocycles. The van der Waals surface area contributed by atoms with Crippen LogP contribution in [0.3, 0.4) is 0 Å². The number of rotatable bonds is 5. The highest BCUT2D eigenvalue weighted by Gasteiger charge is 2.21. The number of thiocarbonyl (C=S) groups is 1. The van der Waals surface area contributed by atoms with E-state index < -0.39 is 0 Å². The number of aryl methyl sites for hydroxylation is 1. The maximum absolute atomic E-state index is 5.82. The summed E-state index contributed by atoms with van der Waals surface area (Å²) in [6, 6.07) is 10.5. The van der Waals surface area contributed by atoms with Gasteiger partial charge in [0.15, 0.2) is 5.11 Å². The molecule has 2 heterocycles. The van der Waals surface area contributed by atoms with Crippen LogP contribution in [0.1, 0.15) is 28.8 Å². The highest BCUT2D eigenvalue weighted by molar-refractivity contribution is 7.80. The average Bonchev–Trinajstić information content (AvgIpc) is 3.25. The molecule has 0 aliphatic carbocycles. The van der Waals surface area contributed by atoms with Crippen molar-refractivity contribution in [1.82, 2.24) is 4.90 Å². The Balaban J connectivity index is 1.72. The van der Waals surface area contributed by atoms with Gasteiger partial charge >= 0.3 is 0 Å². The molecule has 24 heavy (non-hydrogen) atoms. The van der Waals surface area contributed by atoms with Gasteiger partial charge in [-0.05, 0) is 67.5 Å². The first-order valence-corrected chi connectivity index (χ1v) is 9.68. The van der Waals surface area contributed by atoms with E-state index in [2.05, 4.69) is 59.8 Å². The Hall–Kier alpha value is -1.43. The van der Waals surface area contributed by atoms with Crippen LogP contribution >= 0.6 is 23.6 Å². The third-order valence-corrected chi connectivity index (χ3v) is 5.73. The Kier molecular flexibility index (Phi) is 5.87. The van der Waals surface area contributed by atoms with Crippen LogP contribution < -0.4 is 5.32 Å². The van der Waals surface area contributed by atoms with Gasteiger partial charge in [-0.1, -0.05) is 18.2 Å². The minimum atomic E-state index is 0.281. The number of nitrogens with zero attached hydrogens (tertiary/aromatic N) is 1. The fourth-order valence-corrected chi connectivity index (χ4v) is 3.89. The van der Waals surface area contributed by atoms with Crippen molar-refractivity contribution in [2.75, 3.05) is 18.5 Å². The smallest absolute Gasteiger partial charge is 0.173 e. The SMILES string of the molecule is Cc1cccc(NC(=S)N(Cc2cccs2)C[C@H]2CCCO2)c1C. The van der Waals surface area contributed by atoms with Gasteiger partial charge in [0.1, 0.15) is 0 Å². The van der Waals surface area contributed by atoms with Gasteiger partial charge in [-0.3, -0.25) is 0 Å². The second kappa shape index (κ2) is 8.10. The van der Waals surface area contributed by atoms with Crippen molar-refractivity contribution in [3.05, 3.63) is 51.7 Å². The Labute approximate surface area is 153 Å². The molecule has 0 spiro atoms. The molecule has 0 bridgehead atoms. The number of hydrogen-bond acceptors (Lipinski definition) is 3. The first kappa shape index (κ1) is 17.4. The Morgan fingerprint density at radius 2 is 2.21 bits per heavy atom. The number of nitrogens with one attached hydrogen (secondary N) is 1. The maximum atomic E-state index is 5.82. The zero-order chi connectivity index (χ0) is 16.9. The lowest BCUT2D eigenvalue weighted by molar-refractivity contribution is 0.0907. The standard InChI is InChI=1S/C19H24N2OS2/c1-14-6-3-9-18(15(14)2)20-19(23)21(12-16-7-4-10-22-16)13-17-8-5-11-24-17/h3,5-6,8-9,11,16H,4,7,10,12-13H2,1-2H3,(H,20,23)/t16-/m1/s1. The molecule has 5 heteroatoms. The summed E-state index contributed by atoms with van der Waals surface area (Å²) in [5.74, 6) is 0. The number of ether oxygens (including phenoxy) is 1. The number of anilines is 1. The summed E-state index contributed by atoms with van der Waals surface area (Å²) in [7, 11) is 0. The van der Waals surface area contributed by atoms with Crippen molar-refractivity contribution >= 4 is 34.4 Å². The largest absolute Gasteiger partial charge is 0.376 e. The summed E-state index contributed by atoms with van der Waals surface area (Å²) in [5.41, 5.74) is 3.60. The van der Waals surface area contributed by atoms with E-state index in [9.17, 15) is 0 Å². The molecule has 1 aromatic carbocycles. The van der Waals surface area contributed by atoms with E-state index in [1.807, 2.05) is 0 Å². The molecule has 1 N–H and O–H groups in total. The highest BCUT2D eigenvalue weighted by atomic mass is 32.1. The summed E-state index contributed by atoms with van der Waals surface area (Å²) < 4.78 is 5.82. The number of hydrogen-bond donors (Lipinski definition) is 1. The monoisotopic (exact) mass is 360 g/mol. The molecular formula is C19H24N2OS2. The van der Waals surface area contributed by atoms with E-state index >= 15 is 0 Å². The number of thiophene rings is 1. The molecule has 3 nitrogen and oxygen atoms in total. The molecule has 0 amide bonds. The lowest BCUT2D eigenvalue weighted by atomic mass is 10.1. The molecule has 1 aromatic heterocycles. The Morgan fingerprint density at radius 1 is 1.33 bits per heavy atom. The first-order chi connectivity index (χ1) is 11.6. The summed E-state index contributed by atoms with van der Waals surface area (Å²) in [6.07, 6.45) is 2.55. The van der Waals surface area contributed by atoms with Gasteiger partial charge < -0.3 is 15.0 Å². The van der Waals surface area contributed by atoms with E-state index in [1.165, 1.54) is 16.0 Å². The summed E-state index contributed by atoms with van der Waals surface area (Å²) in [5, 5.41) is 6.33. The second-order valence-electron chi connectivity index (χ2n) is 6.27. The van der Waals surface area contributed by atoms with Crippen LogP contribution in [0.2, 0.25) is 0 Å². The zero-order valence-electron chi connectivity index (χ0n) is 14.2. The predicted molar refractivity (Wildman–Crippen MR) is 106 cm³/mol. The van der Waals surface area contributed by atoms with Gasteiger partial charge in [0.25, 0.3) is 0 Å². The van der Waals surface area contributed by atoms with Crippen LogP contribution in [-0.4, -0.2) is 29.3 Å². The summed E-state index contributed by atoms with van der Waals surface area (Å²) in [4.78, 5) is 3.55. The molecule has 1 aliphatic heterocycles. The third-order valence-electron chi connectivity index (χ3n) is 4.51. The molecule has 0 radical (unpaired) electrons. The van der Waals surface area contributed by atoms with Gasteiger partial charge in [0, 0.05) is 23.7 Å². The van der Waals surface area contributed by atoms with Crippen molar-refractivity contribution in [3.8, 4) is 0 Å². The van der Waals surface area contributed by atoms with Gasteiger partial charge in [-0.2, -0.15) is 0 Å².